The largest absolute Gasteiger partial charge is 0.298 e. The van der Waals surface area contributed by atoms with Crippen molar-refractivity contribution in [3.8, 4) is 11.1 Å². The zero-order chi connectivity index (χ0) is 12.4. The lowest BCUT2D eigenvalue weighted by atomic mass is 9.87. The predicted octanol–water partition coefficient (Wildman–Crippen LogP) is 1.76. The summed E-state index contributed by atoms with van der Waals surface area (Å²) in [5, 5.41) is 11.1. The number of aryl methyl sites for hydroxylation is 1. The molecule has 1 aromatic carbocycles. The third kappa shape index (κ3) is 2.04. The van der Waals surface area contributed by atoms with Gasteiger partial charge < -0.3 is 0 Å². The molecule has 2 rings (SSSR count). The summed E-state index contributed by atoms with van der Waals surface area (Å²) in [5.74, 6) is 0. The molecule has 0 N–H and O–H groups in total. The molecule has 0 fully saturated rings. The lowest BCUT2D eigenvalue weighted by molar-refractivity contribution is -0.385. The van der Waals surface area contributed by atoms with Gasteiger partial charge >= 0.3 is 0 Å². The summed E-state index contributed by atoms with van der Waals surface area (Å²) in [6.07, 6.45) is 1.55. The molecule has 0 unspecified atom stereocenters. The Balaban J connectivity index is 2.72. The van der Waals surface area contributed by atoms with E-state index < -0.39 is 4.92 Å². The highest BCUT2D eigenvalue weighted by molar-refractivity contribution is 6.36. The van der Waals surface area contributed by atoms with Crippen LogP contribution in [0.25, 0.3) is 11.1 Å². The molecule has 0 aliphatic carbocycles. The van der Waals surface area contributed by atoms with E-state index in [9.17, 15) is 10.1 Å². The maximum atomic E-state index is 11.1. The van der Waals surface area contributed by atoms with Crippen molar-refractivity contribution < 1.29 is 4.92 Å². The lowest BCUT2D eigenvalue weighted by Gasteiger charge is -2.07. The van der Waals surface area contributed by atoms with Gasteiger partial charge in [0.2, 0.25) is 0 Å². The van der Waals surface area contributed by atoms with E-state index >= 15 is 0 Å². The molecule has 0 bridgehead atoms. The Hall–Kier alpha value is -2.17. The molecule has 0 spiro atoms. The second-order valence-electron chi connectivity index (χ2n) is 3.64. The standard InChI is InChI=1S/C12H9BN2O2/c1-8-12(15(16)17)10(6-7-14-8)9-4-2-3-5-11(9)13/h2-7H,1H3. The summed E-state index contributed by atoms with van der Waals surface area (Å²) in [4.78, 5) is 14.6. The second kappa shape index (κ2) is 4.37. The van der Waals surface area contributed by atoms with Gasteiger partial charge in [0.25, 0.3) is 5.69 Å². The molecular weight excluding hydrogens is 215 g/mol. The number of hydrogen-bond donors (Lipinski definition) is 0. The topological polar surface area (TPSA) is 56.0 Å². The van der Waals surface area contributed by atoms with E-state index in [1.807, 2.05) is 0 Å². The van der Waals surface area contributed by atoms with Gasteiger partial charge in [0.05, 0.1) is 10.5 Å². The minimum Gasteiger partial charge on any atom is -0.258 e. The van der Waals surface area contributed by atoms with Crippen LogP contribution in [0, 0.1) is 17.0 Å². The van der Waals surface area contributed by atoms with Crippen molar-refractivity contribution in [2.45, 2.75) is 6.92 Å². The quantitative estimate of drug-likeness (QED) is 0.443. The van der Waals surface area contributed by atoms with Gasteiger partial charge in [-0.1, -0.05) is 29.7 Å². The van der Waals surface area contributed by atoms with Crippen molar-refractivity contribution in [3.05, 3.63) is 52.3 Å². The Morgan fingerprint density at radius 3 is 2.59 bits per heavy atom. The molecule has 4 nitrogen and oxygen atoms in total. The number of rotatable bonds is 2. The van der Waals surface area contributed by atoms with Gasteiger partial charge in [-0.3, -0.25) is 15.1 Å². The zero-order valence-corrected chi connectivity index (χ0v) is 9.25. The fourth-order valence-electron chi connectivity index (χ4n) is 1.75. The Kier molecular flexibility index (Phi) is 2.91. The van der Waals surface area contributed by atoms with Crippen LogP contribution in [-0.2, 0) is 0 Å². The van der Waals surface area contributed by atoms with Gasteiger partial charge in [-0.05, 0) is 18.6 Å². The van der Waals surface area contributed by atoms with Crippen molar-refractivity contribution >= 4 is 19.0 Å². The first-order valence-corrected chi connectivity index (χ1v) is 5.06. The smallest absolute Gasteiger partial charge is 0.258 e. The molecule has 82 valence electrons. The second-order valence-corrected chi connectivity index (χ2v) is 3.64. The molecular formula is C12H9BN2O2. The van der Waals surface area contributed by atoms with Crippen LogP contribution in [-0.4, -0.2) is 17.8 Å². The van der Waals surface area contributed by atoms with E-state index in [2.05, 4.69) is 4.98 Å². The molecule has 2 aromatic rings. The molecule has 0 aliphatic heterocycles. The number of benzene rings is 1. The first-order valence-electron chi connectivity index (χ1n) is 5.06. The van der Waals surface area contributed by atoms with Crippen LogP contribution < -0.4 is 5.46 Å². The third-order valence-electron chi connectivity index (χ3n) is 2.54. The summed E-state index contributed by atoms with van der Waals surface area (Å²) in [6.45, 7) is 1.61. The summed E-state index contributed by atoms with van der Waals surface area (Å²) in [6, 6.07) is 8.67. The van der Waals surface area contributed by atoms with Crippen molar-refractivity contribution in [1.29, 1.82) is 0 Å². The fraction of sp³-hybridized carbons (Fsp3) is 0.0833. The number of hydrogen-bond acceptors (Lipinski definition) is 3. The van der Waals surface area contributed by atoms with Crippen LogP contribution in [0.5, 0.6) is 0 Å². The minimum atomic E-state index is -0.426. The van der Waals surface area contributed by atoms with Crippen LogP contribution in [0.2, 0.25) is 0 Å². The van der Waals surface area contributed by atoms with Gasteiger partial charge in [0, 0.05) is 6.20 Å². The van der Waals surface area contributed by atoms with Gasteiger partial charge in [0.15, 0.2) is 0 Å². The van der Waals surface area contributed by atoms with Crippen LogP contribution in [0.15, 0.2) is 36.5 Å². The van der Waals surface area contributed by atoms with Gasteiger partial charge in [-0.15, -0.1) is 0 Å². The summed E-state index contributed by atoms with van der Waals surface area (Å²) < 4.78 is 0. The average Bonchev–Trinajstić information content (AvgIpc) is 2.28. The number of nitro groups is 1. The number of aromatic nitrogens is 1. The highest BCUT2D eigenvalue weighted by Crippen LogP contribution is 2.29. The lowest BCUT2D eigenvalue weighted by Crippen LogP contribution is -2.07. The zero-order valence-electron chi connectivity index (χ0n) is 9.25. The van der Waals surface area contributed by atoms with Crippen LogP contribution in [0.3, 0.4) is 0 Å². The van der Waals surface area contributed by atoms with Crippen LogP contribution in [0.4, 0.5) is 5.69 Å². The van der Waals surface area contributed by atoms with E-state index in [1.165, 1.54) is 0 Å². The van der Waals surface area contributed by atoms with Gasteiger partial charge in [0.1, 0.15) is 13.5 Å². The Morgan fingerprint density at radius 1 is 1.24 bits per heavy atom. The molecule has 0 amide bonds. The Morgan fingerprint density at radius 2 is 1.94 bits per heavy atom. The van der Waals surface area contributed by atoms with Crippen molar-refractivity contribution in [2.75, 3.05) is 0 Å². The molecule has 0 atom stereocenters. The molecule has 2 radical (unpaired) electrons. The molecule has 0 saturated carbocycles. The fourth-order valence-corrected chi connectivity index (χ4v) is 1.75. The first-order chi connectivity index (χ1) is 8.11. The van der Waals surface area contributed by atoms with Crippen LogP contribution >= 0.6 is 0 Å². The van der Waals surface area contributed by atoms with Gasteiger partial charge in [-0.25, -0.2) is 0 Å². The molecule has 0 saturated heterocycles. The normalized spacial score (nSPS) is 10.2. The molecule has 1 heterocycles. The highest BCUT2D eigenvalue weighted by atomic mass is 16.6. The molecule has 5 heteroatoms. The van der Waals surface area contributed by atoms with Crippen LogP contribution in [0.1, 0.15) is 5.69 Å². The van der Waals surface area contributed by atoms with E-state index in [0.717, 1.165) is 0 Å². The summed E-state index contributed by atoms with van der Waals surface area (Å²) in [7, 11) is 5.83. The maximum absolute atomic E-state index is 11.1. The monoisotopic (exact) mass is 224 g/mol. The summed E-state index contributed by atoms with van der Waals surface area (Å²) in [5.41, 5.74) is 2.06. The van der Waals surface area contributed by atoms with Crippen molar-refractivity contribution in [3.63, 3.8) is 0 Å². The SMILES string of the molecule is [B]c1ccccc1-c1ccnc(C)c1[N+](=O)[O-]. The van der Waals surface area contributed by atoms with E-state index in [0.29, 0.717) is 22.3 Å². The van der Waals surface area contributed by atoms with E-state index in [1.54, 1.807) is 43.5 Å². The van der Waals surface area contributed by atoms with E-state index in [4.69, 9.17) is 7.85 Å². The number of pyridine rings is 1. The average molecular weight is 224 g/mol. The highest BCUT2D eigenvalue weighted by Gasteiger charge is 2.19. The molecule has 0 aliphatic rings. The van der Waals surface area contributed by atoms with Gasteiger partial charge in [-0.2, -0.15) is 0 Å². The Labute approximate surface area is 99.9 Å². The Bertz CT molecular complexity index is 584. The first kappa shape index (κ1) is 11.3. The number of nitrogens with zero attached hydrogens (tertiary/aromatic N) is 2. The van der Waals surface area contributed by atoms with E-state index in [-0.39, 0.29) is 5.69 Å². The minimum absolute atomic E-state index is 0.00500. The molecule has 1 aromatic heterocycles. The maximum Gasteiger partial charge on any atom is 0.298 e. The van der Waals surface area contributed by atoms with Crippen molar-refractivity contribution in [2.24, 2.45) is 0 Å². The predicted molar refractivity (Wildman–Crippen MR) is 66.5 cm³/mol. The molecule has 17 heavy (non-hydrogen) atoms. The van der Waals surface area contributed by atoms with Crippen molar-refractivity contribution in [1.82, 2.24) is 4.98 Å². The third-order valence-corrected chi connectivity index (χ3v) is 2.54. The summed E-state index contributed by atoms with van der Waals surface area (Å²) >= 11 is 0.